The molecule has 2 fully saturated rings. The molecule has 2 aromatic rings. The fourth-order valence-electron chi connectivity index (χ4n) is 4.04. The van der Waals surface area contributed by atoms with Gasteiger partial charge in [-0.2, -0.15) is 17.0 Å². The summed E-state index contributed by atoms with van der Waals surface area (Å²) < 4.78 is 29.3. The molecule has 2 saturated heterocycles. The second-order valence-electron chi connectivity index (χ2n) is 7.63. The second-order valence-corrected chi connectivity index (χ2v) is 10.7. The molecular weight excluding hydrogens is 390 g/mol. The standard InChI is InChI=1S/C21H29N3O2S2/c25-28(26,23-13-5-2-6-14-23)24-15-7-12-22(16-17-24)18-20-10-11-21(27-20)19-8-3-1-4-9-19/h1,3-4,8-11H,2,5-7,12-18H2. The zero-order valence-electron chi connectivity index (χ0n) is 16.3. The van der Waals surface area contributed by atoms with Gasteiger partial charge in [-0.1, -0.05) is 36.8 Å². The first-order valence-corrected chi connectivity index (χ1v) is 12.5. The fraction of sp³-hybridized carbons (Fsp3) is 0.524. The summed E-state index contributed by atoms with van der Waals surface area (Å²) >= 11 is 1.83. The van der Waals surface area contributed by atoms with Gasteiger partial charge in [-0.25, -0.2) is 0 Å². The Kier molecular flexibility index (Phi) is 6.48. The lowest BCUT2D eigenvalue weighted by Gasteiger charge is -2.31. The van der Waals surface area contributed by atoms with Gasteiger partial charge in [0.05, 0.1) is 0 Å². The van der Waals surface area contributed by atoms with Gasteiger partial charge in [-0.05, 0) is 43.5 Å². The van der Waals surface area contributed by atoms with E-state index in [0.29, 0.717) is 26.2 Å². The van der Waals surface area contributed by atoms with Crippen molar-refractivity contribution >= 4 is 21.5 Å². The van der Waals surface area contributed by atoms with E-state index in [-0.39, 0.29) is 0 Å². The molecule has 0 atom stereocenters. The molecule has 1 aromatic carbocycles. The summed E-state index contributed by atoms with van der Waals surface area (Å²) in [6, 6.07) is 14.9. The van der Waals surface area contributed by atoms with Gasteiger partial charge < -0.3 is 0 Å². The summed E-state index contributed by atoms with van der Waals surface area (Å²) in [4.78, 5) is 5.03. The molecule has 5 nitrogen and oxygen atoms in total. The van der Waals surface area contributed by atoms with E-state index in [1.807, 2.05) is 17.4 Å². The first-order chi connectivity index (χ1) is 13.6. The number of nitrogens with zero attached hydrogens (tertiary/aromatic N) is 3. The van der Waals surface area contributed by atoms with Crippen molar-refractivity contribution in [2.24, 2.45) is 0 Å². The van der Waals surface area contributed by atoms with E-state index in [2.05, 4.69) is 41.3 Å². The maximum Gasteiger partial charge on any atom is 0.282 e. The zero-order valence-corrected chi connectivity index (χ0v) is 17.9. The molecule has 2 aliphatic rings. The van der Waals surface area contributed by atoms with Crippen LogP contribution in [0.3, 0.4) is 0 Å². The number of piperidine rings is 1. The predicted octanol–water partition coefficient (Wildman–Crippen LogP) is 3.65. The highest BCUT2D eigenvalue weighted by molar-refractivity contribution is 7.86. The number of benzene rings is 1. The molecule has 0 saturated carbocycles. The van der Waals surface area contributed by atoms with Crippen LogP contribution in [0.25, 0.3) is 10.4 Å². The Balaban J connectivity index is 1.36. The zero-order chi connectivity index (χ0) is 19.4. The Morgan fingerprint density at radius 1 is 0.750 bits per heavy atom. The fourth-order valence-corrected chi connectivity index (χ4v) is 6.81. The van der Waals surface area contributed by atoms with Crippen LogP contribution < -0.4 is 0 Å². The average Bonchev–Trinajstić information content (AvgIpc) is 3.06. The smallest absolute Gasteiger partial charge is 0.282 e. The lowest BCUT2D eigenvalue weighted by molar-refractivity contribution is 0.274. The van der Waals surface area contributed by atoms with E-state index in [9.17, 15) is 8.42 Å². The Bertz CT molecular complexity index is 861. The first-order valence-electron chi connectivity index (χ1n) is 10.2. The van der Waals surface area contributed by atoms with Crippen molar-refractivity contribution in [3.8, 4) is 10.4 Å². The minimum atomic E-state index is -3.29. The maximum atomic E-state index is 13.0. The monoisotopic (exact) mass is 419 g/mol. The van der Waals surface area contributed by atoms with Gasteiger partial charge in [0.25, 0.3) is 10.2 Å². The van der Waals surface area contributed by atoms with Crippen molar-refractivity contribution in [1.29, 1.82) is 0 Å². The van der Waals surface area contributed by atoms with Crippen molar-refractivity contribution in [2.45, 2.75) is 32.2 Å². The highest BCUT2D eigenvalue weighted by Crippen LogP contribution is 2.29. The summed E-state index contributed by atoms with van der Waals surface area (Å²) in [5.41, 5.74) is 1.26. The van der Waals surface area contributed by atoms with Gasteiger partial charge in [0, 0.05) is 49.0 Å². The molecule has 4 rings (SSSR count). The number of rotatable bonds is 5. The Labute approximate surface area is 172 Å². The minimum absolute atomic E-state index is 0.593. The van der Waals surface area contributed by atoms with E-state index in [4.69, 9.17) is 0 Å². The van der Waals surface area contributed by atoms with Gasteiger partial charge >= 0.3 is 0 Å². The molecule has 0 unspecified atom stereocenters. The van der Waals surface area contributed by atoms with Crippen molar-refractivity contribution in [3.63, 3.8) is 0 Å². The summed E-state index contributed by atoms with van der Waals surface area (Å²) in [5, 5.41) is 0. The van der Waals surface area contributed by atoms with Crippen LogP contribution in [0.2, 0.25) is 0 Å². The molecule has 0 spiro atoms. The van der Waals surface area contributed by atoms with E-state index in [1.54, 1.807) is 8.61 Å². The highest BCUT2D eigenvalue weighted by atomic mass is 32.2. The molecule has 0 aliphatic carbocycles. The van der Waals surface area contributed by atoms with Crippen LogP contribution in [0.5, 0.6) is 0 Å². The van der Waals surface area contributed by atoms with Gasteiger partial charge in [-0.3, -0.25) is 4.90 Å². The van der Waals surface area contributed by atoms with E-state index in [0.717, 1.165) is 45.3 Å². The van der Waals surface area contributed by atoms with Gasteiger partial charge in [0.1, 0.15) is 0 Å². The highest BCUT2D eigenvalue weighted by Gasteiger charge is 2.31. The summed E-state index contributed by atoms with van der Waals surface area (Å²) in [5.74, 6) is 0. The lowest BCUT2D eigenvalue weighted by atomic mass is 10.2. The summed E-state index contributed by atoms with van der Waals surface area (Å²) in [7, 11) is -3.29. The summed E-state index contributed by atoms with van der Waals surface area (Å²) in [6.45, 7) is 5.23. The minimum Gasteiger partial charge on any atom is -0.297 e. The average molecular weight is 420 g/mol. The third kappa shape index (κ3) is 4.66. The normalized spacial score (nSPS) is 20.9. The third-order valence-electron chi connectivity index (χ3n) is 5.61. The largest absolute Gasteiger partial charge is 0.297 e. The molecule has 0 radical (unpaired) electrons. The number of hydrogen-bond donors (Lipinski definition) is 0. The molecule has 1 aromatic heterocycles. The van der Waals surface area contributed by atoms with Crippen LogP contribution in [0, 0.1) is 0 Å². The van der Waals surface area contributed by atoms with Crippen LogP contribution in [0.15, 0.2) is 42.5 Å². The summed E-state index contributed by atoms with van der Waals surface area (Å²) in [6.07, 6.45) is 4.01. The van der Waals surface area contributed by atoms with Gasteiger partial charge in [0.2, 0.25) is 0 Å². The number of hydrogen-bond acceptors (Lipinski definition) is 4. The molecule has 7 heteroatoms. The molecule has 152 valence electrons. The molecular formula is C21H29N3O2S2. The maximum absolute atomic E-state index is 13.0. The lowest BCUT2D eigenvalue weighted by Crippen LogP contribution is -2.47. The van der Waals surface area contributed by atoms with E-state index < -0.39 is 10.2 Å². The van der Waals surface area contributed by atoms with E-state index >= 15 is 0 Å². The first kappa shape index (κ1) is 20.0. The van der Waals surface area contributed by atoms with Crippen molar-refractivity contribution in [3.05, 3.63) is 47.3 Å². The molecule has 0 N–H and O–H groups in total. The van der Waals surface area contributed by atoms with Gasteiger partial charge in [0.15, 0.2) is 0 Å². The Hall–Kier alpha value is -1.25. The topological polar surface area (TPSA) is 43.9 Å². The Morgan fingerprint density at radius 2 is 1.46 bits per heavy atom. The van der Waals surface area contributed by atoms with Crippen LogP contribution in [-0.2, 0) is 16.8 Å². The van der Waals surface area contributed by atoms with Crippen molar-refractivity contribution in [1.82, 2.24) is 13.5 Å². The van der Waals surface area contributed by atoms with Crippen LogP contribution in [-0.4, -0.2) is 61.2 Å². The Morgan fingerprint density at radius 3 is 2.25 bits per heavy atom. The molecule has 0 bridgehead atoms. The van der Waals surface area contributed by atoms with Crippen molar-refractivity contribution < 1.29 is 8.42 Å². The van der Waals surface area contributed by atoms with Crippen molar-refractivity contribution in [2.75, 3.05) is 39.3 Å². The number of thiophene rings is 1. The van der Waals surface area contributed by atoms with Crippen LogP contribution in [0.1, 0.15) is 30.6 Å². The van der Waals surface area contributed by atoms with E-state index in [1.165, 1.54) is 15.3 Å². The third-order valence-corrected chi connectivity index (χ3v) is 8.77. The second kappa shape index (κ2) is 9.05. The predicted molar refractivity (Wildman–Crippen MR) is 116 cm³/mol. The van der Waals surface area contributed by atoms with Gasteiger partial charge in [-0.15, -0.1) is 11.3 Å². The molecule has 28 heavy (non-hydrogen) atoms. The van der Waals surface area contributed by atoms with Crippen LogP contribution >= 0.6 is 11.3 Å². The van der Waals surface area contributed by atoms with Crippen LogP contribution in [0.4, 0.5) is 0 Å². The molecule has 0 amide bonds. The molecule has 3 heterocycles. The SMILES string of the molecule is O=S(=O)(N1CCCCC1)N1CCCN(Cc2ccc(-c3ccccc3)s2)CC1. The quantitative estimate of drug-likeness (QED) is 0.743. The molecule has 2 aliphatic heterocycles.